The molecule has 0 amide bonds. The maximum absolute atomic E-state index is 12.0. The van der Waals surface area contributed by atoms with Crippen molar-refractivity contribution in [1.82, 2.24) is 0 Å². The largest absolute Gasteiger partial charge is 0.481 e. The van der Waals surface area contributed by atoms with E-state index < -0.39 is 22.8 Å². The third kappa shape index (κ3) is 2.84. The molecule has 0 aromatic carbocycles. The third-order valence-electron chi connectivity index (χ3n) is 5.25. The molecule has 1 aliphatic carbocycles. The van der Waals surface area contributed by atoms with Crippen LogP contribution in [-0.2, 0) is 9.59 Å². The van der Waals surface area contributed by atoms with Gasteiger partial charge in [-0.2, -0.15) is 0 Å². The van der Waals surface area contributed by atoms with E-state index in [2.05, 4.69) is 6.92 Å². The number of rotatable bonds is 8. The van der Waals surface area contributed by atoms with Crippen LogP contribution in [0, 0.1) is 10.8 Å². The first-order valence-electron chi connectivity index (χ1n) is 7.93. The predicted octanol–water partition coefficient (Wildman–Crippen LogP) is 4.08. The summed E-state index contributed by atoms with van der Waals surface area (Å²) in [5, 5.41) is 19.5. The van der Waals surface area contributed by atoms with Gasteiger partial charge in [-0.05, 0) is 25.7 Å². The second-order valence-corrected chi connectivity index (χ2v) is 6.15. The number of aliphatic carboxylic acids is 2. The lowest BCUT2D eigenvalue weighted by atomic mass is 9.53. The molecule has 1 fully saturated rings. The quantitative estimate of drug-likeness (QED) is 0.658. The Morgan fingerprint density at radius 3 is 1.90 bits per heavy atom. The molecule has 0 heterocycles. The van der Waals surface area contributed by atoms with Gasteiger partial charge in [0.15, 0.2) is 0 Å². The molecule has 1 saturated carbocycles. The van der Waals surface area contributed by atoms with E-state index in [1.54, 1.807) is 0 Å². The van der Waals surface area contributed by atoms with Crippen molar-refractivity contribution in [1.29, 1.82) is 0 Å². The molecule has 0 aromatic rings. The smallest absolute Gasteiger partial charge is 0.310 e. The van der Waals surface area contributed by atoms with Crippen molar-refractivity contribution >= 4 is 11.9 Å². The van der Waals surface area contributed by atoms with Crippen molar-refractivity contribution in [3.63, 3.8) is 0 Å². The number of carbonyl (C=O) groups is 2. The van der Waals surface area contributed by atoms with Crippen LogP contribution >= 0.6 is 0 Å². The van der Waals surface area contributed by atoms with Crippen LogP contribution in [-0.4, -0.2) is 22.2 Å². The van der Waals surface area contributed by atoms with Gasteiger partial charge in [-0.15, -0.1) is 0 Å². The fourth-order valence-corrected chi connectivity index (χ4v) is 3.95. The molecule has 0 aromatic heterocycles. The molecular formula is C16H28O4. The van der Waals surface area contributed by atoms with Crippen molar-refractivity contribution in [3.8, 4) is 0 Å². The second kappa shape index (κ2) is 7.09. The molecule has 0 bridgehead atoms. The summed E-state index contributed by atoms with van der Waals surface area (Å²) in [7, 11) is 0. The van der Waals surface area contributed by atoms with Gasteiger partial charge in [0.05, 0.1) is 10.8 Å². The normalized spacial score (nSPS) is 30.1. The van der Waals surface area contributed by atoms with Crippen molar-refractivity contribution in [2.75, 3.05) is 0 Å². The lowest BCUT2D eigenvalue weighted by Crippen LogP contribution is -2.54. The fraction of sp³-hybridized carbons (Fsp3) is 0.875. The van der Waals surface area contributed by atoms with Crippen LogP contribution in [0.15, 0.2) is 0 Å². The predicted molar refractivity (Wildman–Crippen MR) is 77.7 cm³/mol. The van der Waals surface area contributed by atoms with Crippen LogP contribution in [0.5, 0.6) is 0 Å². The lowest BCUT2D eigenvalue weighted by Gasteiger charge is -2.48. The highest BCUT2D eigenvalue weighted by Crippen LogP contribution is 2.56. The van der Waals surface area contributed by atoms with Gasteiger partial charge in [0, 0.05) is 0 Å². The summed E-state index contributed by atoms with van der Waals surface area (Å²) >= 11 is 0. The van der Waals surface area contributed by atoms with Gasteiger partial charge in [-0.3, -0.25) is 9.59 Å². The van der Waals surface area contributed by atoms with Crippen LogP contribution in [0.3, 0.4) is 0 Å². The Hall–Kier alpha value is -1.06. The Morgan fingerprint density at radius 1 is 0.900 bits per heavy atom. The molecule has 20 heavy (non-hydrogen) atoms. The van der Waals surface area contributed by atoms with Gasteiger partial charge in [0.1, 0.15) is 0 Å². The molecule has 2 N–H and O–H groups in total. The number of unbranched alkanes of at least 4 members (excludes halogenated alkanes) is 3. The fourth-order valence-electron chi connectivity index (χ4n) is 3.95. The third-order valence-corrected chi connectivity index (χ3v) is 5.25. The Morgan fingerprint density at radius 2 is 1.45 bits per heavy atom. The van der Waals surface area contributed by atoms with Crippen LogP contribution in [0.1, 0.15) is 78.1 Å². The minimum absolute atomic E-state index is 0.405. The highest BCUT2D eigenvalue weighted by molar-refractivity contribution is 5.87. The Balaban J connectivity index is 3.04. The van der Waals surface area contributed by atoms with E-state index in [4.69, 9.17) is 0 Å². The second-order valence-electron chi connectivity index (χ2n) is 6.15. The number of hydrogen-bond acceptors (Lipinski definition) is 2. The van der Waals surface area contributed by atoms with Crippen LogP contribution < -0.4 is 0 Å². The molecule has 1 aliphatic rings. The summed E-state index contributed by atoms with van der Waals surface area (Å²) in [6.45, 7) is 3.93. The SMILES string of the molecule is CCCCCCC1(C(=O)O)CCCCC1(CC)C(=O)O. The number of carboxylic acid groups (broad SMARTS) is 2. The van der Waals surface area contributed by atoms with Crippen LogP contribution in [0.2, 0.25) is 0 Å². The highest BCUT2D eigenvalue weighted by Gasteiger charge is 2.60. The minimum Gasteiger partial charge on any atom is -0.481 e. The monoisotopic (exact) mass is 284 g/mol. The first kappa shape index (κ1) is 17.0. The first-order chi connectivity index (χ1) is 9.47. The summed E-state index contributed by atoms with van der Waals surface area (Å²) < 4.78 is 0. The van der Waals surface area contributed by atoms with Gasteiger partial charge in [-0.1, -0.05) is 52.4 Å². The first-order valence-corrected chi connectivity index (χ1v) is 7.93. The van der Waals surface area contributed by atoms with Crippen molar-refractivity contribution < 1.29 is 19.8 Å². The molecular weight excluding hydrogens is 256 g/mol. The zero-order valence-electron chi connectivity index (χ0n) is 12.8. The summed E-state index contributed by atoms with van der Waals surface area (Å²) in [6, 6.07) is 0. The molecule has 0 aliphatic heterocycles. The topological polar surface area (TPSA) is 74.6 Å². The van der Waals surface area contributed by atoms with Gasteiger partial charge in [0.2, 0.25) is 0 Å². The van der Waals surface area contributed by atoms with Gasteiger partial charge < -0.3 is 10.2 Å². The zero-order valence-corrected chi connectivity index (χ0v) is 12.8. The van der Waals surface area contributed by atoms with Crippen LogP contribution in [0.25, 0.3) is 0 Å². The van der Waals surface area contributed by atoms with Crippen molar-refractivity contribution in [3.05, 3.63) is 0 Å². The standard InChI is InChI=1S/C16H28O4/c1-3-5-6-7-11-16(14(19)20)12-9-8-10-15(16,4-2)13(17)18/h3-12H2,1-2H3,(H,17,18)(H,19,20). The molecule has 0 spiro atoms. The van der Waals surface area contributed by atoms with Crippen LogP contribution in [0.4, 0.5) is 0 Å². The average molecular weight is 284 g/mol. The molecule has 2 atom stereocenters. The van der Waals surface area contributed by atoms with Gasteiger partial charge in [-0.25, -0.2) is 0 Å². The van der Waals surface area contributed by atoms with Gasteiger partial charge in [0.25, 0.3) is 0 Å². The molecule has 116 valence electrons. The number of carboxylic acids is 2. The lowest BCUT2D eigenvalue weighted by molar-refractivity contribution is -0.181. The van der Waals surface area contributed by atoms with E-state index in [1.165, 1.54) is 0 Å². The molecule has 4 heteroatoms. The molecule has 0 radical (unpaired) electrons. The Kier molecular flexibility index (Phi) is 6.03. The molecule has 1 rings (SSSR count). The van der Waals surface area contributed by atoms with Crippen molar-refractivity contribution in [2.24, 2.45) is 10.8 Å². The zero-order chi connectivity index (χ0) is 15.2. The summed E-state index contributed by atoms with van der Waals surface area (Å²) in [6.07, 6.45) is 7.55. The van der Waals surface area contributed by atoms with Crippen molar-refractivity contribution in [2.45, 2.75) is 78.1 Å². The maximum atomic E-state index is 12.0. The highest BCUT2D eigenvalue weighted by atomic mass is 16.4. The van der Waals surface area contributed by atoms with E-state index in [-0.39, 0.29) is 0 Å². The number of hydrogen-bond donors (Lipinski definition) is 2. The minimum atomic E-state index is -1.08. The molecule has 0 saturated heterocycles. The Labute approximate surface area is 121 Å². The average Bonchev–Trinajstić information content (AvgIpc) is 2.43. The van der Waals surface area contributed by atoms with E-state index in [9.17, 15) is 19.8 Å². The van der Waals surface area contributed by atoms with E-state index in [1.807, 2.05) is 6.92 Å². The molecule has 2 unspecified atom stereocenters. The maximum Gasteiger partial charge on any atom is 0.310 e. The molecule has 4 nitrogen and oxygen atoms in total. The summed E-state index contributed by atoms with van der Waals surface area (Å²) in [5.74, 6) is -1.82. The van der Waals surface area contributed by atoms with E-state index >= 15 is 0 Å². The van der Waals surface area contributed by atoms with E-state index in [0.29, 0.717) is 25.7 Å². The summed E-state index contributed by atoms with van der Waals surface area (Å²) in [5.41, 5.74) is -2.15. The summed E-state index contributed by atoms with van der Waals surface area (Å²) in [4.78, 5) is 23.8. The Bertz CT molecular complexity index is 352. The van der Waals surface area contributed by atoms with Gasteiger partial charge >= 0.3 is 11.9 Å². The van der Waals surface area contributed by atoms with E-state index in [0.717, 1.165) is 38.5 Å².